The summed E-state index contributed by atoms with van der Waals surface area (Å²) in [6, 6.07) is 9.85. The first-order chi connectivity index (χ1) is 10.1. The highest BCUT2D eigenvalue weighted by molar-refractivity contribution is 5.94. The zero-order valence-electron chi connectivity index (χ0n) is 13.4. The molecule has 1 saturated heterocycles. The smallest absolute Gasteiger partial charge is 0.251 e. The number of amides is 1. The molecule has 0 saturated carbocycles. The third kappa shape index (κ3) is 4.55. The van der Waals surface area contributed by atoms with Crippen LogP contribution in [0.2, 0.25) is 0 Å². The first-order valence-electron chi connectivity index (χ1n) is 7.83. The number of carbonyl (C=O) groups is 1. The van der Waals surface area contributed by atoms with E-state index in [-0.39, 0.29) is 5.91 Å². The lowest BCUT2D eigenvalue weighted by molar-refractivity contribution is 0.0791. The molecule has 0 aliphatic carbocycles. The first-order valence-corrected chi connectivity index (χ1v) is 7.83. The number of carbonyl (C=O) groups excluding carboxylic acids is 1. The molecule has 1 aliphatic rings. The highest BCUT2D eigenvalue weighted by Gasteiger charge is 2.25. The maximum Gasteiger partial charge on any atom is 0.251 e. The van der Waals surface area contributed by atoms with Crippen LogP contribution in [0.25, 0.3) is 0 Å². The molecule has 4 heteroatoms. The Bertz CT molecular complexity index is 439. The van der Waals surface area contributed by atoms with Crippen LogP contribution in [-0.2, 0) is 0 Å². The van der Waals surface area contributed by atoms with Gasteiger partial charge in [0.2, 0.25) is 0 Å². The molecule has 1 atom stereocenters. The van der Waals surface area contributed by atoms with Crippen molar-refractivity contribution in [3.63, 3.8) is 0 Å². The number of piperazine rings is 1. The van der Waals surface area contributed by atoms with Crippen LogP contribution >= 0.6 is 0 Å². The van der Waals surface area contributed by atoms with E-state index in [9.17, 15) is 4.79 Å². The number of likely N-dealkylation sites (N-methyl/N-ethyl adjacent to an activating group) is 1. The van der Waals surface area contributed by atoms with E-state index in [0.717, 1.165) is 38.3 Å². The summed E-state index contributed by atoms with van der Waals surface area (Å²) in [6.45, 7) is 9.57. The maximum absolute atomic E-state index is 12.2. The maximum atomic E-state index is 12.2. The van der Waals surface area contributed by atoms with Crippen LogP contribution in [0.4, 0.5) is 0 Å². The van der Waals surface area contributed by atoms with E-state index in [0.29, 0.717) is 12.0 Å². The van der Waals surface area contributed by atoms with E-state index in [1.165, 1.54) is 0 Å². The molecule has 0 aromatic heterocycles. The van der Waals surface area contributed by atoms with Crippen molar-refractivity contribution < 1.29 is 4.79 Å². The molecular formula is C17H27N3O. The summed E-state index contributed by atoms with van der Waals surface area (Å²) < 4.78 is 0. The highest BCUT2D eigenvalue weighted by Crippen LogP contribution is 2.13. The van der Waals surface area contributed by atoms with Crippen LogP contribution in [0.3, 0.4) is 0 Å². The van der Waals surface area contributed by atoms with E-state index in [4.69, 9.17) is 0 Å². The lowest BCUT2D eigenvalue weighted by Crippen LogP contribution is -2.54. The van der Waals surface area contributed by atoms with Gasteiger partial charge in [0.25, 0.3) is 5.91 Å². The Morgan fingerprint density at radius 3 is 2.33 bits per heavy atom. The third-order valence-corrected chi connectivity index (χ3v) is 4.28. The lowest BCUT2D eigenvalue weighted by Gasteiger charge is -2.39. The number of hydrogen-bond acceptors (Lipinski definition) is 3. The molecule has 4 nitrogen and oxygen atoms in total. The van der Waals surface area contributed by atoms with E-state index < -0.39 is 0 Å². The number of nitrogens with one attached hydrogen (secondary N) is 1. The highest BCUT2D eigenvalue weighted by atomic mass is 16.1. The summed E-state index contributed by atoms with van der Waals surface area (Å²) in [7, 11) is 2.17. The summed E-state index contributed by atoms with van der Waals surface area (Å²) in [6.07, 6.45) is 0. The van der Waals surface area contributed by atoms with Gasteiger partial charge in [0, 0.05) is 44.3 Å². The number of benzene rings is 1. The van der Waals surface area contributed by atoms with Gasteiger partial charge in [-0.3, -0.25) is 9.69 Å². The molecule has 1 N–H and O–H groups in total. The van der Waals surface area contributed by atoms with Crippen LogP contribution in [0, 0.1) is 5.92 Å². The zero-order chi connectivity index (χ0) is 15.2. The molecule has 1 aliphatic heterocycles. The molecule has 116 valence electrons. The minimum Gasteiger partial charge on any atom is -0.350 e. The topological polar surface area (TPSA) is 35.6 Å². The Morgan fingerprint density at radius 2 is 1.76 bits per heavy atom. The fraction of sp³-hybridized carbons (Fsp3) is 0.588. The van der Waals surface area contributed by atoms with Crippen molar-refractivity contribution in [2.75, 3.05) is 39.8 Å². The van der Waals surface area contributed by atoms with E-state index in [1.54, 1.807) is 0 Å². The van der Waals surface area contributed by atoms with Crippen LogP contribution in [0.1, 0.15) is 24.2 Å². The Balaban J connectivity index is 1.90. The van der Waals surface area contributed by atoms with Crippen LogP contribution in [-0.4, -0.2) is 61.5 Å². The largest absolute Gasteiger partial charge is 0.350 e. The second-order valence-corrected chi connectivity index (χ2v) is 6.23. The second-order valence-electron chi connectivity index (χ2n) is 6.23. The van der Waals surface area contributed by atoms with Gasteiger partial charge >= 0.3 is 0 Å². The average Bonchev–Trinajstić information content (AvgIpc) is 2.49. The normalized spacial score (nSPS) is 18.7. The SMILES string of the molecule is CC(C)C(CNC(=O)c1ccccc1)N1CCN(C)CC1. The van der Waals surface area contributed by atoms with Gasteiger partial charge in [-0.05, 0) is 25.1 Å². The molecule has 0 bridgehead atoms. The van der Waals surface area contributed by atoms with Crippen molar-refractivity contribution in [2.45, 2.75) is 19.9 Å². The number of hydrogen-bond donors (Lipinski definition) is 1. The van der Waals surface area contributed by atoms with Gasteiger partial charge in [-0.1, -0.05) is 32.0 Å². The predicted octanol–water partition coefficient (Wildman–Crippen LogP) is 1.69. The average molecular weight is 289 g/mol. The minimum atomic E-state index is 0.0235. The minimum absolute atomic E-state index is 0.0235. The monoisotopic (exact) mass is 289 g/mol. The van der Waals surface area contributed by atoms with E-state index >= 15 is 0 Å². The van der Waals surface area contributed by atoms with E-state index in [2.05, 4.69) is 36.0 Å². The summed E-state index contributed by atoms with van der Waals surface area (Å²) in [4.78, 5) is 17.0. The Labute approximate surface area is 128 Å². The van der Waals surface area contributed by atoms with Crippen molar-refractivity contribution in [1.29, 1.82) is 0 Å². The number of rotatable bonds is 5. The summed E-state index contributed by atoms with van der Waals surface area (Å²) in [5, 5.41) is 3.09. The van der Waals surface area contributed by atoms with Crippen LogP contribution in [0.15, 0.2) is 30.3 Å². The first kappa shape index (κ1) is 16.0. The molecule has 1 fully saturated rings. The standard InChI is InChI=1S/C17H27N3O/c1-14(2)16(20-11-9-19(3)10-12-20)13-18-17(21)15-7-5-4-6-8-15/h4-8,14,16H,9-13H2,1-3H3,(H,18,21). The van der Waals surface area contributed by atoms with Gasteiger partial charge in [0.1, 0.15) is 0 Å². The van der Waals surface area contributed by atoms with Gasteiger partial charge < -0.3 is 10.2 Å². The molecule has 0 spiro atoms. The molecule has 1 heterocycles. The van der Waals surface area contributed by atoms with Crippen molar-refractivity contribution >= 4 is 5.91 Å². The summed E-state index contributed by atoms with van der Waals surface area (Å²) >= 11 is 0. The predicted molar refractivity (Wildman–Crippen MR) is 86.5 cm³/mol. The second kappa shape index (κ2) is 7.57. The Kier molecular flexibility index (Phi) is 5.76. The summed E-state index contributed by atoms with van der Waals surface area (Å²) in [5.41, 5.74) is 0.735. The molecule has 1 aromatic rings. The van der Waals surface area contributed by atoms with E-state index in [1.807, 2.05) is 30.3 Å². The number of nitrogens with zero attached hydrogens (tertiary/aromatic N) is 2. The Hall–Kier alpha value is -1.39. The fourth-order valence-electron chi connectivity index (χ4n) is 2.83. The molecule has 0 radical (unpaired) electrons. The van der Waals surface area contributed by atoms with Crippen molar-refractivity contribution in [1.82, 2.24) is 15.1 Å². The molecule has 2 rings (SSSR count). The van der Waals surface area contributed by atoms with Crippen molar-refractivity contribution in [3.8, 4) is 0 Å². The Morgan fingerprint density at radius 1 is 1.14 bits per heavy atom. The van der Waals surface area contributed by atoms with Gasteiger partial charge in [0.05, 0.1) is 0 Å². The van der Waals surface area contributed by atoms with Gasteiger partial charge in [-0.25, -0.2) is 0 Å². The van der Waals surface area contributed by atoms with Gasteiger partial charge in [-0.15, -0.1) is 0 Å². The molecule has 1 unspecified atom stereocenters. The lowest BCUT2D eigenvalue weighted by atomic mass is 10.0. The summed E-state index contributed by atoms with van der Waals surface area (Å²) in [5.74, 6) is 0.555. The third-order valence-electron chi connectivity index (χ3n) is 4.28. The fourth-order valence-corrected chi connectivity index (χ4v) is 2.83. The van der Waals surface area contributed by atoms with Crippen LogP contribution in [0.5, 0.6) is 0 Å². The molecule has 21 heavy (non-hydrogen) atoms. The van der Waals surface area contributed by atoms with Crippen LogP contribution < -0.4 is 5.32 Å². The molecule has 1 aromatic carbocycles. The van der Waals surface area contributed by atoms with Gasteiger partial charge in [0.15, 0.2) is 0 Å². The molecule has 1 amide bonds. The van der Waals surface area contributed by atoms with Gasteiger partial charge in [-0.2, -0.15) is 0 Å². The zero-order valence-corrected chi connectivity index (χ0v) is 13.4. The van der Waals surface area contributed by atoms with Crippen molar-refractivity contribution in [2.24, 2.45) is 5.92 Å². The quantitative estimate of drug-likeness (QED) is 0.896. The van der Waals surface area contributed by atoms with Crippen molar-refractivity contribution in [3.05, 3.63) is 35.9 Å². The molecular weight excluding hydrogens is 262 g/mol.